The molecule has 0 atom stereocenters. The van der Waals surface area contributed by atoms with Crippen molar-refractivity contribution in [3.8, 4) is 0 Å². The topological polar surface area (TPSA) is 63.7 Å². The van der Waals surface area contributed by atoms with E-state index in [1.807, 2.05) is 0 Å². The first kappa shape index (κ1) is 11.6. The van der Waals surface area contributed by atoms with Crippen LogP contribution in [0.1, 0.15) is 6.42 Å². The number of amides is 1. The smallest absolute Gasteiger partial charge is 0.409 e. The molecule has 0 aliphatic carbocycles. The van der Waals surface area contributed by atoms with Crippen molar-refractivity contribution in [3.63, 3.8) is 0 Å². The Morgan fingerprint density at radius 2 is 2.29 bits per heavy atom. The fraction of sp³-hybridized carbons (Fsp3) is 0.857. The molecule has 82 valence electrons. The fourth-order valence-corrected chi connectivity index (χ4v) is 2.91. The minimum absolute atomic E-state index is 0.297. The van der Waals surface area contributed by atoms with Crippen LogP contribution in [0.3, 0.4) is 0 Å². The molecule has 1 rings (SSSR count). The Morgan fingerprint density at radius 3 is 2.79 bits per heavy atom. The van der Waals surface area contributed by atoms with E-state index in [1.54, 1.807) is 4.90 Å². The second-order valence-electron chi connectivity index (χ2n) is 2.98. The molecule has 0 aromatic heterocycles. The van der Waals surface area contributed by atoms with Crippen LogP contribution < -0.4 is 0 Å². The third-order valence-electron chi connectivity index (χ3n) is 1.71. The lowest BCUT2D eigenvalue weighted by Crippen LogP contribution is -2.25. The molecule has 1 saturated heterocycles. The first-order valence-corrected chi connectivity index (χ1v) is 7.64. The monoisotopic (exact) mass is 239 g/mol. The highest BCUT2D eigenvalue weighted by atomic mass is 33.1. The molecule has 0 N–H and O–H groups in total. The maximum Gasteiger partial charge on any atom is 0.409 e. The zero-order valence-corrected chi connectivity index (χ0v) is 9.57. The summed E-state index contributed by atoms with van der Waals surface area (Å²) in [5, 5.41) is 0. The highest BCUT2D eigenvalue weighted by Gasteiger charge is 2.20. The summed E-state index contributed by atoms with van der Waals surface area (Å²) in [5.41, 5.74) is 0. The Labute approximate surface area is 87.1 Å². The van der Waals surface area contributed by atoms with E-state index < -0.39 is 8.87 Å². The van der Waals surface area contributed by atoms with E-state index in [0.29, 0.717) is 31.9 Å². The van der Waals surface area contributed by atoms with Crippen LogP contribution in [0.15, 0.2) is 0 Å². The second-order valence-corrected chi connectivity index (χ2v) is 7.56. The Morgan fingerprint density at radius 1 is 1.57 bits per heavy atom. The standard InChI is InChI=1S/C7H13NO4S2/c1-14(10,11)13-6-2-3-8-4-5-12-7(8)9/h2-6H2,1H3. The van der Waals surface area contributed by atoms with E-state index in [1.165, 1.54) is 6.26 Å². The molecule has 1 amide bonds. The summed E-state index contributed by atoms with van der Waals surface area (Å²) >= 11 is 0. The number of nitrogens with zero attached hydrogens (tertiary/aromatic N) is 1. The molecule has 0 spiro atoms. The molecular weight excluding hydrogens is 226 g/mol. The van der Waals surface area contributed by atoms with Crippen LogP contribution >= 0.6 is 10.8 Å². The van der Waals surface area contributed by atoms with Gasteiger partial charge in [0, 0.05) is 18.6 Å². The van der Waals surface area contributed by atoms with Gasteiger partial charge in [-0.05, 0) is 17.2 Å². The van der Waals surface area contributed by atoms with E-state index in [9.17, 15) is 13.2 Å². The zero-order valence-electron chi connectivity index (χ0n) is 7.93. The normalized spacial score (nSPS) is 17.2. The van der Waals surface area contributed by atoms with Crippen LogP contribution in [0.4, 0.5) is 4.79 Å². The lowest BCUT2D eigenvalue weighted by atomic mass is 10.4. The SMILES string of the molecule is CS(=O)(=O)SCCCN1CCOC1=O. The summed E-state index contributed by atoms with van der Waals surface area (Å²) in [6.07, 6.45) is 1.56. The van der Waals surface area contributed by atoms with Gasteiger partial charge in [0.05, 0.1) is 6.54 Å². The van der Waals surface area contributed by atoms with Crippen molar-refractivity contribution in [1.82, 2.24) is 4.90 Å². The summed E-state index contributed by atoms with van der Waals surface area (Å²) in [7, 11) is -2.04. The maximum absolute atomic E-state index is 10.9. The van der Waals surface area contributed by atoms with Gasteiger partial charge in [0.15, 0.2) is 8.87 Å². The predicted octanol–water partition coefficient (Wildman–Crippen LogP) is 0.522. The molecule has 0 radical (unpaired) electrons. The van der Waals surface area contributed by atoms with Crippen LogP contribution in [0.25, 0.3) is 0 Å². The van der Waals surface area contributed by atoms with E-state index in [2.05, 4.69) is 0 Å². The first-order chi connectivity index (χ1) is 6.49. The van der Waals surface area contributed by atoms with Crippen LogP contribution in [0.5, 0.6) is 0 Å². The Kier molecular flexibility index (Phi) is 4.06. The van der Waals surface area contributed by atoms with Gasteiger partial charge in [-0.15, -0.1) is 0 Å². The number of hydrogen-bond donors (Lipinski definition) is 0. The quantitative estimate of drug-likeness (QED) is 0.517. The van der Waals surface area contributed by atoms with Gasteiger partial charge < -0.3 is 9.64 Å². The van der Waals surface area contributed by atoms with Crippen molar-refractivity contribution in [1.29, 1.82) is 0 Å². The summed E-state index contributed by atoms with van der Waals surface area (Å²) in [5.74, 6) is 0.516. The molecule has 14 heavy (non-hydrogen) atoms. The molecule has 1 heterocycles. The van der Waals surface area contributed by atoms with E-state index in [4.69, 9.17) is 4.74 Å². The number of hydrogen-bond acceptors (Lipinski definition) is 5. The molecular formula is C7H13NO4S2. The molecule has 7 heteroatoms. The van der Waals surface area contributed by atoms with Gasteiger partial charge in [-0.25, -0.2) is 13.2 Å². The van der Waals surface area contributed by atoms with Gasteiger partial charge in [-0.1, -0.05) is 0 Å². The van der Waals surface area contributed by atoms with Crippen LogP contribution in [0, 0.1) is 0 Å². The van der Waals surface area contributed by atoms with Crippen LogP contribution in [0.2, 0.25) is 0 Å². The molecule has 5 nitrogen and oxygen atoms in total. The van der Waals surface area contributed by atoms with E-state index >= 15 is 0 Å². The average Bonchev–Trinajstić information content (AvgIpc) is 2.44. The number of ether oxygens (including phenoxy) is 1. The van der Waals surface area contributed by atoms with Crippen molar-refractivity contribution in [3.05, 3.63) is 0 Å². The summed E-state index contributed by atoms with van der Waals surface area (Å²) < 4.78 is 26.2. The molecule has 1 aliphatic heterocycles. The molecule has 1 fully saturated rings. The minimum atomic E-state index is -2.95. The molecule has 0 aromatic carbocycles. The minimum Gasteiger partial charge on any atom is -0.448 e. The molecule has 1 aliphatic rings. The van der Waals surface area contributed by atoms with Crippen molar-refractivity contribution >= 4 is 25.8 Å². The van der Waals surface area contributed by atoms with Crippen molar-refractivity contribution < 1.29 is 17.9 Å². The summed E-state index contributed by atoms with van der Waals surface area (Å²) in [6, 6.07) is 0. The fourth-order valence-electron chi connectivity index (χ4n) is 1.09. The molecule has 0 saturated carbocycles. The van der Waals surface area contributed by atoms with E-state index in [-0.39, 0.29) is 6.09 Å². The number of carbonyl (C=O) groups is 1. The summed E-state index contributed by atoms with van der Waals surface area (Å²) in [6.45, 7) is 1.63. The molecule has 0 unspecified atom stereocenters. The van der Waals surface area contributed by atoms with Crippen LogP contribution in [-0.4, -0.2) is 51.1 Å². The Bertz CT molecular complexity index is 301. The van der Waals surface area contributed by atoms with Gasteiger partial charge >= 0.3 is 6.09 Å². The molecule has 0 aromatic rings. The number of rotatable bonds is 5. The average molecular weight is 239 g/mol. The van der Waals surface area contributed by atoms with Gasteiger partial charge in [0.1, 0.15) is 6.61 Å². The van der Waals surface area contributed by atoms with Gasteiger partial charge in [0.2, 0.25) is 0 Å². The lowest BCUT2D eigenvalue weighted by Gasteiger charge is -2.10. The van der Waals surface area contributed by atoms with Crippen LogP contribution in [-0.2, 0) is 13.6 Å². The Balaban J connectivity index is 2.13. The zero-order chi connectivity index (χ0) is 10.6. The number of carbonyl (C=O) groups excluding carboxylic acids is 1. The largest absolute Gasteiger partial charge is 0.448 e. The van der Waals surface area contributed by atoms with Gasteiger partial charge in [-0.3, -0.25) is 0 Å². The highest BCUT2D eigenvalue weighted by Crippen LogP contribution is 2.12. The maximum atomic E-state index is 10.9. The lowest BCUT2D eigenvalue weighted by molar-refractivity contribution is 0.158. The van der Waals surface area contributed by atoms with Gasteiger partial charge in [0.25, 0.3) is 0 Å². The predicted molar refractivity (Wildman–Crippen MR) is 54.8 cm³/mol. The van der Waals surface area contributed by atoms with Crippen molar-refractivity contribution in [2.45, 2.75) is 6.42 Å². The van der Waals surface area contributed by atoms with E-state index in [0.717, 1.165) is 10.8 Å². The first-order valence-electron chi connectivity index (χ1n) is 4.25. The third kappa shape index (κ3) is 4.19. The molecule has 0 bridgehead atoms. The highest BCUT2D eigenvalue weighted by molar-refractivity contribution is 8.71. The Hall–Kier alpha value is -0.430. The third-order valence-corrected chi connectivity index (χ3v) is 4.38. The second kappa shape index (κ2) is 4.88. The number of cyclic esters (lactones) is 1. The van der Waals surface area contributed by atoms with Crippen molar-refractivity contribution in [2.75, 3.05) is 31.7 Å². The van der Waals surface area contributed by atoms with Gasteiger partial charge in [-0.2, -0.15) is 0 Å². The summed E-state index contributed by atoms with van der Waals surface area (Å²) in [4.78, 5) is 12.5. The van der Waals surface area contributed by atoms with Crippen molar-refractivity contribution in [2.24, 2.45) is 0 Å².